The summed E-state index contributed by atoms with van der Waals surface area (Å²) in [5.41, 5.74) is 5.40. The fourth-order valence-corrected chi connectivity index (χ4v) is 1.20. The molecule has 0 aromatic carbocycles. The predicted octanol–water partition coefficient (Wildman–Crippen LogP) is -0.467. The van der Waals surface area contributed by atoms with Crippen molar-refractivity contribution in [2.24, 2.45) is 0 Å². The van der Waals surface area contributed by atoms with Crippen LogP contribution in [0.5, 0.6) is 0 Å². The Kier molecular flexibility index (Phi) is 4.50. The number of carbonyl (C=O) groups excluding carboxylic acids is 2. The van der Waals surface area contributed by atoms with Gasteiger partial charge < -0.3 is 15.8 Å². The van der Waals surface area contributed by atoms with Crippen molar-refractivity contribution in [2.45, 2.75) is 26.5 Å². The predicted molar refractivity (Wildman–Crippen MR) is 60.9 cm³/mol. The zero-order chi connectivity index (χ0) is 12.8. The van der Waals surface area contributed by atoms with Gasteiger partial charge in [-0.25, -0.2) is 0 Å². The maximum absolute atomic E-state index is 11.4. The van der Waals surface area contributed by atoms with Gasteiger partial charge in [0.2, 0.25) is 0 Å². The molecule has 0 fully saturated rings. The van der Waals surface area contributed by atoms with Gasteiger partial charge in [0.15, 0.2) is 6.10 Å². The fourth-order valence-electron chi connectivity index (χ4n) is 1.20. The average Bonchev–Trinajstić information content (AvgIpc) is 2.64. The Bertz CT molecular complexity index is 402. The highest BCUT2D eigenvalue weighted by atomic mass is 16.5. The van der Waals surface area contributed by atoms with Crippen molar-refractivity contribution in [2.75, 3.05) is 12.3 Å². The highest BCUT2D eigenvalue weighted by molar-refractivity contribution is 5.83. The summed E-state index contributed by atoms with van der Waals surface area (Å²) in [5.74, 6) is -0.526. The molecule has 1 atom stereocenters. The van der Waals surface area contributed by atoms with E-state index in [2.05, 4.69) is 10.4 Å². The molecule has 0 saturated heterocycles. The van der Waals surface area contributed by atoms with E-state index in [4.69, 9.17) is 10.5 Å². The van der Waals surface area contributed by atoms with Crippen LogP contribution in [0.4, 0.5) is 5.82 Å². The van der Waals surface area contributed by atoms with Crippen molar-refractivity contribution in [1.82, 2.24) is 15.1 Å². The molecule has 0 spiro atoms. The Hall–Kier alpha value is -2.05. The van der Waals surface area contributed by atoms with E-state index in [1.54, 1.807) is 19.2 Å². The number of rotatable bonds is 5. The van der Waals surface area contributed by atoms with Gasteiger partial charge in [-0.2, -0.15) is 5.10 Å². The molecule has 1 aromatic heterocycles. The molecule has 3 N–H and O–H groups in total. The second-order valence-electron chi connectivity index (χ2n) is 3.46. The Morgan fingerprint density at radius 2 is 2.35 bits per heavy atom. The minimum absolute atomic E-state index is 0.0685. The first-order valence-corrected chi connectivity index (χ1v) is 5.29. The van der Waals surface area contributed by atoms with Crippen molar-refractivity contribution < 1.29 is 14.3 Å². The number of carbonyl (C=O) groups is 2. The van der Waals surface area contributed by atoms with Gasteiger partial charge in [0.25, 0.3) is 5.91 Å². The Morgan fingerprint density at radius 1 is 1.65 bits per heavy atom. The molecule has 0 aliphatic rings. The first-order valence-electron chi connectivity index (χ1n) is 5.29. The normalized spacial score (nSPS) is 11.9. The number of nitrogens with one attached hydrogen (secondary N) is 1. The summed E-state index contributed by atoms with van der Waals surface area (Å²) in [6.45, 7) is 3.73. The molecule has 0 aliphatic heterocycles. The molecule has 0 aliphatic carbocycles. The van der Waals surface area contributed by atoms with Gasteiger partial charge >= 0.3 is 5.97 Å². The second-order valence-corrected chi connectivity index (χ2v) is 3.46. The van der Waals surface area contributed by atoms with Crippen LogP contribution in [0.25, 0.3) is 0 Å². The summed E-state index contributed by atoms with van der Waals surface area (Å²) in [7, 11) is 0. The van der Waals surface area contributed by atoms with E-state index in [-0.39, 0.29) is 12.5 Å². The Morgan fingerprint density at radius 3 is 2.88 bits per heavy atom. The topological polar surface area (TPSA) is 99.2 Å². The number of hydrogen-bond acceptors (Lipinski definition) is 5. The maximum Gasteiger partial charge on any atom is 0.328 e. The summed E-state index contributed by atoms with van der Waals surface area (Å²) in [5, 5.41) is 6.39. The van der Waals surface area contributed by atoms with E-state index in [9.17, 15) is 9.59 Å². The molecule has 7 nitrogen and oxygen atoms in total. The van der Waals surface area contributed by atoms with Crippen LogP contribution in [0, 0.1) is 0 Å². The van der Waals surface area contributed by atoms with Crippen molar-refractivity contribution in [3.05, 3.63) is 12.3 Å². The Labute approximate surface area is 98.9 Å². The SMILES string of the molecule is CCNC(=O)C(C)OC(=O)Cn1ccc(N)n1. The molecule has 1 rings (SSSR count). The first-order chi connectivity index (χ1) is 8.02. The summed E-state index contributed by atoms with van der Waals surface area (Å²) < 4.78 is 6.27. The maximum atomic E-state index is 11.4. The number of hydrogen-bond donors (Lipinski definition) is 2. The van der Waals surface area contributed by atoms with Crippen LogP contribution in [0.15, 0.2) is 12.3 Å². The summed E-state index contributed by atoms with van der Waals surface area (Å²) in [4.78, 5) is 22.7. The highest BCUT2D eigenvalue weighted by Crippen LogP contribution is 1.98. The van der Waals surface area contributed by atoms with Gasteiger partial charge in [-0.05, 0) is 19.9 Å². The van der Waals surface area contributed by atoms with Gasteiger partial charge in [0.05, 0.1) is 0 Å². The quantitative estimate of drug-likeness (QED) is 0.678. The molecular weight excluding hydrogens is 224 g/mol. The van der Waals surface area contributed by atoms with E-state index >= 15 is 0 Å². The molecule has 0 saturated carbocycles. The zero-order valence-electron chi connectivity index (χ0n) is 9.84. The van der Waals surface area contributed by atoms with Gasteiger partial charge in [-0.15, -0.1) is 0 Å². The number of ether oxygens (including phenoxy) is 1. The molecule has 17 heavy (non-hydrogen) atoms. The van der Waals surface area contributed by atoms with Crippen molar-refractivity contribution in [1.29, 1.82) is 0 Å². The molecule has 94 valence electrons. The highest BCUT2D eigenvalue weighted by Gasteiger charge is 2.17. The minimum atomic E-state index is -0.810. The molecule has 0 bridgehead atoms. The number of nitrogen functional groups attached to an aromatic ring is 1. The lowest BCUT2D eigenvalue weighted by Crippen LogP contribution is -2.36. The van der Waals surface area contributed by atoms with Gasteiger partial charge in [-0.1, -0.05) is 0 Å². The minimum Gasteiger partial charge on any atom is -0.451 e. The molecular formula is C10H16N4O3. The van der Waals surface area contributed by atoms with Crippen LogP contribution in [-0.4, -0.2) is 34.3 Å². The lowest BCUT2D eigenvalue weighted by Gasteiger charge is -2.12. The average molecular weight is 240 g/mol. The number of esters is 1. The van der Waals surface area contributed by atoms with E-state index in [1.807, 2.05) is 0 Å². The number of amides is 1. The molecule has 1 unspecified atom stereocenters. The number of anilines is 1. The Balaban J connectivity index is 2.41. The standard InChI is InChI=1S/C10H16N4O3/c1-3-12-10(16)7(2)17-9(15)6-14-5-4-8(11)13-14/h4-5,7H,3,6H2,1-2H3,(H2,11,13)(H,12,16). The van der Waals surface area contributed by atoms with Crippen LogP contribution < -0.4 is 11.1 Å². The molecule has 7 heteroatoms. The van der Waals surface area contributed by atoms with Crippen LogP contribution in [0.3, 0.4) is 0 Å². The van der Waals surface area contributed by atoms with Gasteiger partial charge in [-0.3, -0.25) is 14.3 Å². The number of nitrogens with zero attached hydrogens (tertiary/aromatic N) is 2. The lowest BCUT2D eigenvalue weighted by molar-refractivity contribution is -0.155. The second kappa shape index (κ2) is 5.88. The number of aromatic nitrogens is 2. The third kappa shape index (κ3) is 4.13. The van der Waals surface area contributed by atoms with Crippen molar-refractivity contribution in [3.63, 3.8) is 0 Å². The summed E-state index contributed by atoms with van der Waals surface area (Å²) in [6, 6.07) is 1.57. The third-order valence-electron chi connectivity index (χ3n) is 1.98. The summed E-state index contributed by atoms with van der Waals surface area (Å²) >= 11 is 0. The number of likely N-dealkylation sites (N-methyl/N-ethyl adjacent to an activating group) is 1. The van der Waals surface area contributed by atoms with Crippen molar-refractivity contribution >= 4 is 17.7 Å². The zero-order valence-corrected chi connectivity index (χ0v) is 9.84. The summed E-state index contributed by atoms with van der Waals surface area (Å²) in [6.07, 6.45) is 0.753. The number of nitrogens with two attached hydrogens (primary N) is 1. The smallest absolute Gasteiger partial charge is 0.328 e. The molecule has 1 aromatic rings. The van der Waals surface area contributed by atoms with E-state index in [0.29, 0.717) is 12.4 Å². The van der Waals surface area contributed by atoms with Crippen LogP contribution in [0.1, 0.15) is 13.8 Å². The van der Waals surface area contributed by atoms with Crippen LogP contribution in [0.2, 0.25) is 0 Å². The third-order valence-corrected chi connectivity index (χ3v) is 1.98. The van der Waals surface area contributed by atoms with E-state index in [1.165, 1.54) is 11.6 Å². The van der Waals surface area contributed by atoms with Gasteiger partial charge in [0, 0.05) is 12.7 Å². The monoisotopic (exact) mass is 240 g/mol. The van der Waals surface area contributed by atoms with Crippen LogP contribution >= 0.6 is 0 Å². The largest absolute Gasteiger partial charge is 0.451 e. The molecule has 0 radical (unpaired) electrons. The van der Waals surface area contributed by atoms with E-state index < -0.39 is 12.1 Å². The molecule has 1 heterocycles. The van der Waals surface area contributed by atoms with Crippen molar-refractivity contribution in [3.8, 4) is 0 Å². The van der Waals surface area contributed by atoms with Crippen LogP contribution in [-0.2, 0) is 20.9 Å². The first kappa shape index (κ1) is 13.0. The lowest BCUT2D eigenvalue weighted by atomic mass is 10.4. The molecule has 1 amide bonds. The van der Waals surface area contributed by atoms with Gasteiger partial charge in [0.1, 0.15) is 12.4 Å². The fraction of sp³-hybridized carbons (Fsp3) is 0.500. The van der Waals surface area contributed by atoms with E-state index in [0.717, 1.165) is 0 Å².